The SMILES string of the molecule is COc1cc(F)c(Oc2cccc(C#N)c2)c(F)c1. The molecule has 5 heteroatoms. The van der Waals surface area contributed by atoms with Gasteiger partial charge in [0.2, 0.25) is 0 Å². The molecule has 0 aliphatic carbocycles. The summed E-state index contributed by atoms with van der Waals surface area (Å²) in [5, 5.41) is 8.74. The van der Waals surface area contributed by atoms with Crippen LogP contribution in [0.2, 0.25) is 0 Å². The van der Waals surface area contributed by atoms with Gasteiger partial charge in [0.05, 0.1) is 18.7 Å². The van der Waals surface area contributed by atoms with Gasteiger partial charge in [0.1, 0.15) is 11.5 Å². The Morgan fingerprint density at radius 2 is 1.74 bits per heavy atom. The molecule has 0 saturated carbocycles. The third-order valence-electron chi connectivity index (χ3n) is 2.39. The number of hydrogen-bond acceptors (Lipinski definition) is 3. The molecule has 0 aromatic heterocycles. The maximum Gasteiger partial charge on any atom is 0.198 e. The molecular weight excluding hydrogens is 252 g/mol. The first-order valence-corrected chi connectivity index (χ1v) is 5.35. The van der Waals surface area contributed by atoms with Crippen molar-refractivity contribution in [2.45, 2.75) is 0 Å². The normalized spacial score (nSPS) is 9.79. The van der Waals surface area contributed by atoms with Gasteiger partial charge in [0.25, 0.3) is 0 Å². The third-order valence-corrected chi connectivity index (χ3v) is 2.39. The largest absolute Gasteiger partial charge is 0.497 e. The molecule has 0 aliphatic rings. The van der Waals surface area contributed by atoms with Gasteiger partial charge in [-0.1, -0.05) is 6.07 Å². The molecule has 0 heterocycles. The molecular formula is C14H9F2NO2. The van der Waals surface area contributed by atoms with Crippen molar-refractivity contribution in [1.29, 1.82) is 5.26 Å². The van der Waals surface area contributed by atoms with Gasteiger partial charge in [-0.05, 0) is 18.2 Å². The minimum atomic E-state index is -0.876. The molecule has 96 valence electrons. The number of halogens is 2. The fourth-order valence-electron chi connectivity index (χ4n) is 1.50. The molecule has 2 aromatic carbocycles. The third kappa shape index (κ3) is 2.80. The molecule has 0 unspecified atom stereocenters. The molecule has 2 rings (SSSR count). The zero-order chi connectivity index (χ0) is 13.8. The van der Waals surface area contributed by atoms with Gasteiger partial charge in [0, 0.05) is 12.1 Å². The van der Waals surface area contributed by atoms with Crippen molar-refractivity contribution >= 4 is 0 Å². The highest BCUT2D eigenvalue weighted by atomic mass is 19.1. The Balaban J connectivity index is 2.36. The zero-order valence-electron chi connectivity index (χ0n) is 9.98. The van der Waals surface area contributed by atoms with E-state index in [0.717, 1.165) is 12.1 Å². The summed E-state index contributed by atoms with van der Waals surface area (Å²) in [7, 11) is 1.31. The molecule has 0 aliphatic heterocycles. The quantitative estimate of drug-likeness (QED) is 0.847. The molecule has 0 atom stereocenters. The van der Waals surface area contributed by atoms with E-state index in [-0.39, 0.29) is 11.5 Å². The van der Waals surface area contributed by atoms with Crippen LogP contribution in [0.5, 0.6) is 17.2 Å². The molecule has 0 amide bonds. The lowest BCUT2D eigenvalue weighted by Gasteiger charge is -2.09. The van der Waals surface area contributed by atoms with E-state index >= 15 is 0 Å². The summed E-state index contributed by atoms with van der Waals surface area (Å²) in [6.45, 7) is 0. The minimum absolute atomic E-state index is 0.0631. The van der Waals surface area contributed by atoms with Gasteiger partial charge in [-0.15, -0.1) is 0 Å². The molecule has 0 fully saturated rings. The van der Waals surface area contributed by atoms with Crippen LogP contribution in [0.1, 0.15) is 5.56 Å². The summed E-state index contributed by atoms with van der Waals surface area (Å²) in [5.74, 6) is -2.04. The molecule has 0 spiro atoms. The Morgan fingerprint density at radius 1 is 1.05 bits per heavy atom. The number of rotatable bonds is 3. The lowest BCUT2D eigenvalue weighted by atomic mass is 10.2. The average molecular weight is 261 g/mol. The number of benzene rings is 2. The van der Waals surface area contributed by atoms with E-state index in [1.165, 1.54) is 19.2 Å². The molecule has 0 radical (unpaired) electrons. The van der Waals surface area contributed by atoms with Crippen LogP contribution in [0, 0.1) is 23.0 Å². The molecule has 2 aromatic rings. The van der Waals surface area contributed by atoms with Crippen LogP contribution in [0.4, 0.5) is 8.78 Å². The van der Waals surface area contributed by atoms with Crippen LogP contribution in [-0.2, 0) is 0 Å². The summed E-state index contributed by atoms with van der Waals surface area (Å²) in [4.78, 5) is 0. The minimum Gasteiger partial charge on any atom is -0.497 e. The maximum absolute atomic E-state index is 13.7. The van der Waals surface area contributed by atoms with Crippen molar-refractivity contribution in [3.8, 4) is 23.3 Å². The van der Waals surface area contributed by atoms with E-state index < -0.39 is 17.4 Å². The lowest BCUT2D eigenvalue weighted by Crippen LogP contribution is -1.95. The summed E-state index contributed by atoms with van der Waals surface area (Å²) in [6.07, 6.45) is 0. The van der Waals surface area contributed by atoms with Gasteiger partial charge in [-0.3, -0.25) is 0 Å². The number of nitriles is 1. The topological polar surface area (TPSA) is 42.2 Å². The van der Waals surface area contributed by atoms with Crippen LogP contribution in [-0.4, -0.2) is 7.11 Å². The fourth-order valence-corrected chi connectivity index (χ4v) is 1.50. The number of methoxy groups -OCH3 is 1. The second kappa shape index (κ2) is 5.36. The summed E-state index contributed by atoms with van der Waals surface area (Å²) in [5.41, 5.74) is 0.340. The van der Waals surface area contributed by atoms with Crippen molar-refractivity contribution in [1.82, 2.24) is 0 Å². The molecule has 0 N–H and O–H groups in total. The average Bonchev–Trinajstić information content (AvgIpc) is 2.42. The van der Waals surface area contributed by atoms with Crippen molar-refractivity contribution < 1.29 is 18.3 Å². The Kier molecular flexibility index (Phi) is 3.62. The maximum atomic E-state index is 13.7. The van der Waals surface area contributed by atoms with Crippen LogP contribution >= 0.6 is 0 Å². The van der Waals surface area contributed by atoms with Gasteiger partial charge < -0.3 is 9.47 Å². The number of nitrogens with zero attached hydrogens (tertiary/aromatic N) is 1. The van der Waals surface area contributed by atoms with Gasteiger partial charge in [-0.2, -0.15) is 5.26 Å². The van der Waals surface area contributed by atoms with Gasteiger partial charge in [-0.25, -0.2) is 8.78 Å². The van der Waals surface area contributed by atoms with Crippen molar-refractivity contribution in [3.05, 3.63) is 53.6 Å². The van der Waals surface area contributed by atoms with E-state index in [9.17, 15) is 8.78 Å². The first-order chi connectivity index (χ1) is 9.13. The van der Waals surface area contributed by atoms with Crippen LogP contribution in [0.3, 0.4) is 0 Å². The highest BCUT2D eigenvalue weighted by Gasteiger charge is 2.14. The summed E-state index contributed by atoms with van der Waals surface area (Å²) < 4.78 is 37.2. The molecule has 0 saturated heterocycles. The summed E-state index contributed by atoms with van der Waals surface area (Å²) in [6, 6.07) is 9.98. The molecule has 3 nitrogen and oxygen atoms in total. The highest BCUT2D eigenvalue weighted by molar-refractivity contribution is 5.41. The first kappa shape index (κ1) is 12.8. The zero-order valence-corrected chi connectivity index (χ0v) is 9.98. The van der Waals surface area contributed by atoms with Crippen molar-refractivity contribution in [2.75, 3.05) is 7.11 Å². The summed E-state index contributed by atoms with van der Waals surface area (Å²) >= 11 is 0. The Hall–Kier alpha value is -2.61. The predicted molar refractivity (Wildman–Crippen MR) is 64.1 cm³/mol. The van der Waals surface area contributed by atoms with E-state index in [2.05, 4.69) is 0 Å². The van der Waals surface area contributed by atoms with Crippen molar-refractivity contribution in [2.24, 2.45) is 0 Å². The van der Waals surface area contributed by atoms with E-state index in [1.54, 1.807) is 12.1 Å². The van der Waals surface area contributed by atoms with E-state index in [0.29, 0.717) is 5.56 Å². The van der Waals surface area contributed by atoms with Crippen LogP contribution in [0.15, 0.2) is 36.4 Å². The second-order valence-corrected chi connectivity index (χ2v) is 3.66. The molecule has 0 bridgehead atoms. The van der Waals surface area contributed by atoms with Crippen molar-refractivity contribution in [3.63, 3.8) is 0 Å². The second-order valence-electron chi connectivity index (χ2n) is 3.66. The number of ether oxygens (including phenoxy) is 2. The Bertz CT molecular complexity index is 627. The lowest BCUT2D eigenvalue weighted by molar-refractivity contribution is 0.382. The highest BCUT2D eigenvalue weighted by Crippen LogP contribution is 2.31. The Labute approximate surface area is 108 Å². The Morgan fingerprint density at radius 3 is 2.32 bits per heavy atom. The first-order valence-electron chi connectivity index (χ1n) is 5.35. The van der Waals surface area contributed by atoms with E-state index in [1.807, 2.05) is 6.07 Å². The molecule has 19 heavy (non-hydrogen) atoms. The number of hydrogen-bond donors (Lipinski definition) is 0. The van der Waals surface area contributed by atoms with E-state index in [4.69, 9.17) is 14.7 Å². The smallest absolute Gasteiger partial charge is 0.198 e. The fraction of sp³-hybridized carbons (Fsp3) is 0.0714. The predicted octanol–water partition coefficient (Wildman–Crippen LogP) is 3.64. The monoisotopic (exact) mass is 261 g/mol. The van der Waals surface area contributed by atoms with Crippen LogP contribution < -0.4 is 9.47 Å². The van der Waals surface area contributed by atoms with Gasteiger partial charge >= 0.3 is 0 Å². The standard InChI is InChI=1S/C14H9F2NO2/c1-18-11-6-12(15)14(13(16)7-11)19-10-4-2-3-9(5-10)8-17/h2-7H,1H3. The van der Waals surface area contributed by atoms with Gasteiger partial charge in [0.15, 0.2) is 17.4 Å². The van der Waals surface area contributed by atoms with Crippen LogP contribution in [0.25, 0.3) is 0 Å².